The number of anilines is 1. The number of ether oxygens (including phenoxy) is 1. The van der Waals surface area contributed by atoms with Crippen LogP contribution >= 0.6 is 11.6 Å². The molecule has 1 unspecified atom stereocenters. The first-order valence-electron chi connectivity index (χ1n) is 9.62. The molecule has 1 heterocycles. The van der Waals surface area contributed by atoms with Gasteiger partial charge in [0, 0.05) is 50.6 Å². The third kappa shape index (κ3) is 5.85. The molecule has 1 aliphatic heterocycles. The molecule has 2 aromatic carbocycles. The Kier molecular flexibility index (Phi) is 7.12. The molecule has 0 aromatic heterocycles. The standard InChI is InChI=1S/C23H27ClN2O2/c1-25(2)21-12-7-19(8-13-21)16-26(17-22-4-3-15-28-22)23(27)14-9-18-5-10-20(24)11-6-18/h5-14,22H,3-4,15-17H2,1-2H3/b14-9+. The third-order valence-electron chi connectivity index (χ3n) is 4.87. The Labute approximate surface area is 172 Å². The van der Waals surface area contributed by atoms with E-state index in [1.807, 2.05) is 49.3 Å². The van der Waals surface area contributed by atoms with Crippen molar-refractivity contribution < 1.29 is 9.53 Å². The van der Waals surface area contributed by atoms with Crippen LogP contribution in [0.15, 0.2) is 54.6 Å². The number of hydrogen-bond acceptors (Lipinski definition) is 3. The van der Waals surface area contributed by atoms with E-state index in [9.17, 15) is 4.79 Å². The van der Waals surface area contributed by atoms with Gasteiger partial charge < -0.3 is 14.5 Å². The molecule has 3 rings (SSSR count). The number of carbonyl (C=O) groups is 1. The van der Waals surface area contributed by atoms with Crippen LogP contribution in [-0.4, -0.2) is 44.2 Å². The number of nitrogens with zero attached hydrogens (tertiary/aromatic N) is 2. The van der Waals surface area contributed by atoms with Crippen molar-refractivity contribution in [3.8, 4) is 0 Å². The lowest BCUT2D eigenvalue weighted by Crippen LogP contribution is -2.35. The number of rotatable bonds is 7. The summed E-state index contributed by atoms with van der Waals surface area (Å²) in [7, 11) is 4.04. The maximum absolute atomic E-state index is 12.9. The van der Waals surface area contributed by atoms with Crippen molar-refractivity contribution in [2.24, 2.45) is 0 Å². The molecule has 0 N–H and O–H groups in total. The highest BCUT2D eigenvalue weighted by molar-refractivity contribution is 6.30. The highest BCUT2D eigenvalue weighted by atomic mass is 35.5. The molecule has 0 aliphatic carbocycles. The summed E-state index contributed by atoms with van der Waals surface area (Å²) in [5.41, 5.74) is 3.20. The van der Waals surface area contributed by atoms with Crippen molar-refractivity contribution in [2.75, 3.05) is 32.1 Å². The average Bonchev–Trinajstić information content (AvgIpc) is 3.20. The predicted octanol–water partition coefficient (Wildman–Crippen LogP) is 4.63. The van der Waals surface area contributed by atoms with E-state index in [0.29, 0.717) is 18.1 Å². The molecule has 148 valence electrons. The molecule has 0 saturated carbocycles. The zero-order valence-electron chi connectivity index (χ0n) is 16.5. The Balaban J connectivity index is 1.71. The summed E-state index contributed by atoms with van der Waals surface area (Å²) in [6, 6.07) is 15.8. The second-order valence-electron chi connectivity index (χ2n) is 7.30. The van der Waals surface area contributed by atoms with Crippen LogP contribution in [0.1, 0.15) is 24.0 Å². The van der Waals surface area contributed by atoms with Crippen molar-refractivity contribution in [2.45, 2.75) is 25.5 Å². The summed E-state index contributed by atoms with van der Waals surface area (Å²) in [6.45, 7) is 1.96. The zero-order valence-corrected chi connectivity index (χ0v) is 17.2. The first-order chi connectivity index (χ1) is 13.5. The number of halogens is 1. The van der Waals surface area contributed by atoms with Crippen molar-refractivity contribution >= 4 is 29.3 Å². The van der Waals surface area contributed by atoms with Gasteiger partial charge in [-0.15, -0.1) is 0 Å². The van der Waals surface area contributed by atoms with Crippen LogP contribution in [0, 0.1) is 0 Å². The van der Waals surface area contributed by atoms with Crippen molar-refractivity contribution in [1.82, 2.24) is 4.90 Å². The maximum atomic E-state index is 12.9. The molecule has 2 aromatic rings. The SMILES string of the molecule is CN(C)c1ccc(CN(CC2CCCO2)C(=O)/C=C/c2ccc(Cl)cc2)cc1. The lowest BCUT2D eigenvalue weighted by atomic mass is 10.1. The Morgan fingerprint density at radius 2 is 1.86 bits per heavy atom. The summed E-state index contributed by atoms with van der Waals surface area (Å²) < 4.78 is 5.76. The monoisotopic (exact) mass is 398 g/mol. The Hall–Kier alpha value is -2.30. The zero-order chi connectivity index (χ0) is 19.9. The van der Waals surface area contributed by atoms with Gasteiger partial charge in [-0.3, -0.25) is 4.79 Å². The maximum Gasteiger partial charge on any atom is 0.246 e. The molecule has 5 heteroatoms. The van der Waals surface area contributed by atoms with Crippen LogP contribution in [0.4, 0.5) is 5.69 Å². The second kappa shape index (κ2) is 9.76. The van der Waals surface area contributed by atoms with Gasteiger partial charge in [-0.25, -0.2) is 0 Å². The van der Waals surface area contributed by atoms with E-state index >= 15 is 0 Å². The van der Waals surface area contributed by atoms with E-state index < -0.39 is 0 Å². The van der Waals surface area contributed by atoms with Gasteiger partial charge in [-0.05, 0) is 54.3 Å². The summed E-state index contributed by atoms with van der Waals surface area (Å²) in [5.74, 6) is -0.0119. The van der Waals surface area contributed by atoms with Crippen molar-refractivity contribution in [3.63, 3.8) is 0 Å². The molecule has 1 fully saturated rings. The Bertz CT molecular complexity index is 794. The molecule has 0 radical (unpaired) electrons. The van der Waals surface area contributed by atoms with Crippen LogP contribution in [-0.2, 0) is 16.1 Å². The highest BCUT2D eigenvalue weighted by Gasteiger charge is 2.21. The van der Waals surface area contributed by atoms with E-state index in [4.69, 9.17) is 16.3 Å². The molecule has 1 saturated heterocycles. The summed E-state index contributed by atoms with van der Waals surface area (Å²) >= 11 is 5.92. The third-order valence-corrected chi connectivity index (χ3v) is 5.13. The Morgan fingerprint density at radius 3 is 2.46 bits per heavy atom. The quantitative estimate of drug-likeness (QED) is 0.637. The van der Waals surface area contributed by atoms with Crippen LogP contribution in [0.2, 0.25) is 5.02 Å². The van der Waals surface area contributed by atoms with Gasteiger partial charge in [0.1, 0.15) is 0 Å². The number of hydrogen-bond donors (Lipinski definition) is 0. The topological polar surface area (TPSA) is 32.8 Å². The molecule has 1 amide bonds. The fourth-order valence-corrected chi connectivity index (χ4v) is 3.36. The van der Waals surface area contributed by atoms with Crippen LogP contribution in [0.3, 0.4) is 0 Å². The van der Waals surface area contributed by atoms with E-state index in [1.54, 1.807) is 6.08 Å². The lowest BCUT2D eigenvalue weighted by Gasteiger charge is -2.25. The van der Waals surface area contributed by atoms with Crippen LogP contribution in [0.5, 0.6) is 0 Å². The van der Waals surface area contributed by atoms with Crippen molar-refractivity contribution in [3.05, 3.63) is 70.8 Å². The van der Waals surface area contributed by atoms with E-state index in [1.165, 1.54) is 0 Å². The van der Waals surface area contributed by atoms with Crippen LogP contribution in [0.25, 0.3) is 6.08 Å². The molecular weight excluding hydrogens is 372 g/mol. The molecule has 0 spiro atoms. The number of carbonyl (C=O) groups excluding carboxylic acids is 1. The van der Waals surface area contributed by atoms with Gasteiger partial charge in [-0.1, -0.05) is 35.9 Å². The summed E-state index contributed by atoms with van der Waals surface area (Å²) in [5, 5.41) is 0.685. The molecule has 0 bridgehead atoms. The van der Waals surface area contributed by atoms with E-state index in [2.05, 4.69) is 29.2 Å². The second-order valence-corrected chi connectivity index (χ2v) is 7.74. The molecular formula is C23H27ClN2O2. The van der Waals surface area contributed by atoms with E-state index in [0.717, 1.165) is 36.3 Å². The molecule has 1 aliphatic rings. The predicted molar refractivity (Wildman–Crippen MR) is 116 cm³/mol. The minimum atomic E-state index is -0.0119. The van der Waals surface area contributed by atoms with Gasteiger partial charge in [0.25, 0.3) is 0 Å². The van der Waals surface area contributed by atoms with E-state index in [-0.39, 0.29) is 12.0 Å². The number of amides is 1. The lowest BCUT2D eigenvalue weighted by molar-refractivity contribution is -0.128. The minimum Gasteiger partial charge on any atom is -0.378 e. The first kappa shape index (κ1) is 20.4. The van der Waals surface area contributed by atoms with Crippen molar-refractivity contribution in [1.29, 1.82) is 0 Å². The highest BCUT2D eigenvalue weighted by Crippen LogP contribution is 2.18. The summed E-state index contributed by atoms with van der Waals surface area (Å²) in [6.07, 6.45) is 5.64. The minimum absolute atomic E-state index is 0.0119. The van der Waals surface area contributed by atoms with Gasteiger partial charge in [-0.2, -0.15) is 0 Å². The van der Waals surface area contributed by atoms with Gasteiger partial charge in [0.15, 0.2) is 0 Å². The largest absolute Gasteiger partial charge is 0.378 e. The first-order valence-corrected chi connectivity index (χ1v) is 9.99. The smallest absolute Gasteiger partial charge is 0.246 e. The fourth-order valence-electron chi connectivity index (χ4n) is 3.23. The molecule has 4 nitrogen and oxygen atoms in total. The summed E-state index contributed by atoms with van der Waals surface area (Å²) in [4.78, 5) is 16.8. The average molecular weight is 399 g/mol. The fraction of sp³-hybridized carbons (Fsp3) is 0.348. The van der Waals surface area contributed by atoms with Gasteiger partial charge >= 0.3 is 0 Å². The normalized spacial score (nSPS) is 16.5. The van der Waals surface area contributed by atoms with Gasteiger partial charge in [0.05, 0.1) is 6.10 Å². The molecule has 1 atom stereocenters. The Morgan fingerprint density at radius 1 is 1.14 bits per heavy atom. The van der Waals surface area contributed by atoms with Crippen LogP contribution < -0.4 is 4.90 Å². The van der Waals surface area contributed by atoms with Gasteiger partial charge in [0.2, 0.25) is 5.91 Å². The number of benzene rings is 2. The molecule has 28 heavy (non-hydrogen) atoms.